The third-order valence-electron chi connectivity index (χ3n) is 3.23. The average molecular weight is 324 g/mol. The van der Waals surface area contributed by atoms with Crippen LogP contribution in [0, 0.1) is 6.92 Å². The number of carbonyl (C=O) groups is 1. The van der Waals surface area contributed by atoms with Gasteiger partial charge in [-0.25, -0.2) is 0 Å². The molecule has 0 radical (unpaired) electrons. The summed E-state index contributed by atoms with van der Waals surface area (Å²) in [6.45, 7) is 2.17. The lowest BCUT2D eigenvalue weighted by Crippen LogP contribution is -2.12. The van der Waals surface area contributed by atoms with Crippen molar-refractivity contribution in [1.29, 1.82) is 0 Å². The zero-order chi connectivity index (χ0) is 16.9. The molecular formula is C17H16N4O3. The van der Waals surface area contributed by atoms with Crippen LogP contribution in [0.4, 0.5) is 5.69 Å². The Hall–Kier alpha value is -3.35. The van der Waals surface area contributed by atoms with E-state index in [1.54, 1.807) is 37.3 Å². The van der Waals surface area contributed by atoms with E-state index in [1.807, 2.05) is 18.2 Å². The van der Waals surface area contributed by atoms with Crippen molar-refractivity contribution in [2.24, 2.45) is 5.73 Å². The fourth-order valence-corrected chi connectivity index (χ4v) is 2.15. The van der Waals surface area contributed by atoms with Crippen molar-refractivity contribution in [2.75, 3.05) is 5.32 Å². The fraction of sp³-hybridized carbons (Fsp3) is 0.118. The lowest BCUT2D eigenvalue weighted by Gasteiger charge is -2.10. The lowest BCUT2D eigenvalue weighted by molar-refractivity contribution is 0.0998. The number of primary amides is 1. The van der Waals surface area contributed by atoms with Crippen LogP contribution in [0.3, 0.4) is 0 Å². The van der Waals surface area contributed by atoms with E-state index in [4.69, 9.17) is 15.0 Å². The second-order valence-electron chi connectivity index (χ2n) is 5.07. The molecule has 0 aliphatic heterocycles. The summed E-state index contributed by atoms with van der Waals surface area (Å²) in [5.74, 6) is 1.55. The molecule has 24 heavy (non-hydrogen) atoms. The standard InChI is InChI=1S/C17H16N4O3/c1-11-20-16(21-24-11)10-19-12-5-4-6-13(9-12)23-15-8-3-2-7-14(15)17(18)22/h2-9,19H,10H2,1H3,(H2,18,22). The van der Waals surface area contributed by atoms with Crippen molar-refractivity contribution >= 4 is 11.6 Å². The van der Waals surface area contributed by atoms with Crippen molar-refractivity contribution in [3.8, 4) is 11.5 Å². The molecule has 3 rings (SSSR count). The van der Waals surface area contributed by atoms with Gasteiger partial charge in [0.15, 0.2) is 5.82 Å². The summed E-state index contributed by atoms with van der Waals surface area (Å²) in [5, 5.41) is 7.00. The first-order valence-electron chi connectivity index (χ1n) is 7.31. The fourth-order valence-electron chi connectivity index (χ4n) is 2.15. The summed E-state index contributed by atoms with van der Waals surface area (Å²) >= 11 is 0. The Balaban J connectivity index is 1.72. The highest BCUT2D eigenvalue weighted by molar-refractivity contribution is 5.95. The van der Waals surface area contributed by atoms with Crippen molar-refractivity contribution in [1.82, 2.24) is 10.1 Å². The van der Waals surface area contributed by atoms with Gasteiger partial charge in [-0.05, 0) is 24.3 Å². The van der Waals surface area contributed by atoms with Crippen LogP contribution in [0.5, 0.6) is 11.5 Å². The van der Waals surface area contributed by atoms with Crippen LogP contribution in [-0.2, 0) is 6.54 Å². The van der Waals surface area contributed by atoms with Crippen LogP contribution in [-0.4, -0.2) is 16.0 Å². The summed E-state index contributed by atoms with van der Waals surface area (Å²) in [7, 11) is 0. The molecule has 0 aliphatic carbocycles. The number of para-hydroxylation sites is 1. The summed E-state index contributed by atoms with van der Waals surface area (Å²) in [6.07, 6.45) is 0. The number of anilines is 1. The molecule has 7 heteroatoms. The van der Waals surface area contributed by atoms with Gasteiger partial charge in [0.1, 0.15) is 11.5 Å². The molecule has 0 aliphatic rings. The van der Waals surface area contributed by atoms with Gasteiger partial charge in [-0.15, -0.1) is 0 Å². The van der Waals surface area contributed by atoms with Crippen molar-refractivity contribution in [3.05, 3.63) is 65.8 Å². The highest BCUT2D eigenvalue weighted by atomic mass is 16.5. The minimum absolute atomic E-state index is 0.332. The summed E-state index contributed by atoms with van der Waals surface area (Å²) in [5.41, 5.74) is 6.52. The maximum absolute atomic E-state index is 11.4. The number of nitrogens with zero attached hydrogens (tertiary/aromatic N) is 2. The van der Waals surface area contributed by atoms with Crippen molar-refractivity contribution < 1.29 is 14.1 Å². The van der Waals surface area contributed by atoms with E-state index in [2.05, 4.69) is 15.5 Å². The Kier molecular flexibility index (Phi) is 4.42. The van der Waals surface area contributed by atoms with E-state index in [-0.39, 0.29) is 0 Å². The van der Waals surface area contributed by atoms with E-state index >= 15 is 0 Å². The topological polar surface area (TPSA) is 103 Å². The first-order chi connectivity index (χ1) is 11.6. The van der Waals surface area contributed by atoms with Gasteiger partial charge >= 0.3 is 0 Å². The molecule has 3 N–H and O–H groups in total. The molecule has 1 heterocycles. The first kappa shape index (κ1) is 15.5. The highest BCUT2D eigenvalue weighted by Crippen LogP contribution is 2.27. The molecule has 7 nitrogen and oxygen atoms in total. The van der Waals surface area contributed by atoms with E-state index < -0.39 is 5.91 Å². The molecule has 3 aromatic rings. The minimum atomic E-state index is -0.535. The van der Waals surface area contributed by atoms with Gasteiger partial charge in [0.25, 0.3) is 5.91 Å². The molecule has 2 aromatic carbocycles. The number of nitrogens with one attached hydrogen (secondary N) is 1. The Bertz CT molecular complexity index is 860. The molecular weight excluding hydrogens is 308 g/mol. The number of rotatable bonds is 6. The van der Waals surface area contributed by atoms with Crippen LogP contribution in [0.15, 0.2) is 53.1 Å². The third-order valence-corrected chi connectivity index (χ3v) is 3.23. The van der Waals surface area contributed by atoms with E-state index in [0.717, 1.165) is 5.69 Å². The third kappa shape index (κ3) is 3.70. The molecule has 0 atom stereocenters. The van der Waals surface area contributed by atoms with Crippen LogP contribution < -0.4 is 15.8 Å². The van der Waals surface area contributed by atoms with Gasteiger partial charge in [0.2, 0.25) is 5.89 Å². The van der Waals surface area contributed by atoms with E-state index in [0.29, 0.717) is 35.3 Å². The van der Waals surface area contributed by atoms with Gasteiger partial charge in [-0.2, -0.15) is 4.98 Å². The zero-order valence-corrected chi connectivity index (χ0v) is 13.0. The lowest BCUT2D eigenvalue weighted by atomic mass is 10.2. The number of ether oxygens (including phenoxy) is 1. The second-order valence-corrected chi connectivity index (χ2v) is 5.07. The Morgan fingerprint density at radius 3 is 2.83 bits per heavy atom. The average Bonchev–Trinajstić information content (AvgIpc) is 2.99. The maximum atomic E-state index is 11.4. The van der Waals surface area contributed by atoms with Crippen molar-refractivity contribution in [2.45, 2.75) is 13.5 Å². The summed E-state index contributed by atoms with van der Waals surface area (Å²) in [6, 6.07) is 14.2. The van der Waals surface area contributed by atoms with Crippen LogP contribution >= 0.6 is 0 Å². The predicted molar refractivity (Wildman–Crippen MR) is 87.8 cm³/mol. The van der Waals surface area contributed by atoms with Gasteiger partial charge in [0.05, 0.1) is 12.1 Å². The van der Waals surface area contributed by atoms with E-state index in [9.17, 15) is 4.79 Å². The molecule has 0 unspecified atom stereocenters. The number of benzene rings is 2. The molecule has 0 saturated carbocycles. The van der Waals surface area contributed by atoms with Gasteiger partial charge in [0, 0.05) is 18.7 Å². The van der Waals surface area contributed by atoms with Crippen LogP contribution in [0.1, 0.15) is 22.1 Å². The highest BCUT2D eigenvalue weighted by Gasteiger charge is 2.09. The minimum Gasteiger partial charge on any atom is -0.456 e. The SMILES string of the molecule is Cc1nc(CNc2cccc(Oc3ccccc3C(N)=O)c2)no1. The van der Waals surface area contributed by atoms with Gasteiger partial charge in [-0.3, -0.25) is 4.79 Å². The Morgan fingerprint density at radius 1 is 1.25 bits per heavy atom. The largest absolute Gasteiger partial charge is 0.456 e. The molecule has 0 fully saturated rings. The molecule has 0 saturated heterocycles. The van der Waals surface area contributed by atoms with Gasteiger partial charge in [-0.1, -0.05) is 23.4 Å². The summed E-state index contributed by atoms with van der Waals surface area (Å²) in [4.78, 5) is 15.6. The smallest absolute Gasteiger partial charge is 0.252 e. The molecule has 1 amide bonds. The quantitative estimate of drug-likeness (QED) is 0.722. The number of hydrogen-bond acceptors (Lipinski definition) is 6. The maximum Gasteiger partial charge on any atom is 0.252 e. The molecule has 1 aromatic heterocycles. The first-order valence-corrected chi connectivity index (χ1v) is 7.31. The monoisotopic (exact) mass is 324 g/mol. The zero-order valence-electron chi connectivity index (χ0n) is 13.0. The molecule has 0 bridgehead atoms. The number of aryl methyl sites for hydroxylation is 1. The number of amides is 1. The van der Waals surface area contributed by atoms with Gasteiger partial charge < -0.3 is 20.3 Å². The number of hydrogen-bond donors (Lipinski definition) is 2. The molecule has 0 spiro atoms. The summed E-state index contributed by atoms with van der Waals surface area (Å²) < 4.78 is 10.7. The van der Waals surface area contributed by atoms with Crippen LogP contribution in [0.25, 0.3) is 0 Å². The van der Waals surface area contributed by atoms with Crippen molar-refractivity contribution in [3.63, 3.8) is 0 Å². The second kappa shape index (κ2) is 6.82. The van der Waals surface area contributed by atoms with Crippen LogP contribution in [0.2, 0.25) is 0 Å². The molecule has 122 valence electrons. The Morgan fingerprint density at radius 2 is 2.08 bits per heavy atom. The normalized spacial score (nSPS) is 10.4. The number of nitrogens with two attached hydrogens (primary N) is 1. The number of aromatic nitrogens is 2. The number of carbonyl (C=O) groups excluding carboxylic acids is 1. The van der Waals surface area contributed by atoms with E-state index in [1.165, 1.54) is 0 Å². The predicted octanol–water partition coefficient (Wildman–Crippen LogP) is 2.88. The Labute approximate surface area is 138 Å².